The number of rotatable bonds is 7. The van der Waals surface area contributed by atoms with Crippen molar-refractivity contribution < 1.29 is 21.6 Å². The average molecular weight is 424 g/mol. The van der Waals surface area contributed by atoms with Crippen LogP contribution in [-0.2, 0) is 37.7 Å². The third-order valence-electron chi connectivity index (χ3n) is 4.48. The van der Waals surface area contributed by atoms with Gasteiger partial charge >= 0.3 is 0 Å². The van der Waals surface area contributed by atoms with Crippen LogP contribution in [-0.4, -0.2) is 41.6 Å². The molecule has 28 heavy (non-hydrogen) atoms. The highest BCUT2D eigenvalue weighted by atomic mass is 32.2. The van der Waals surface area contributed by atoms with Crippen LogP contribution in [0.1, 0.15) is 11.1 Å². The van der Waals surface area contributed by atoms with Crippen LogP contribution in [0.25, 0.3) is 0 Å². The standard InChI is InChI=1S/C18H21N3O5S2/c19-28(25,26)16-7-5-14(6-8-16)13-18(22)20-10-12-27(23,24)21-11-9-15-3-1-2-4-17(15)21/h1-8H,9-13H2,(H,20,22)(H2,19,25,26). The molecular formula is C18H21N3O5S2. The summed E-state index contributed by atoms with van der Waals surface area (Å²) in [6.45, 7) is 0.404. The Bertz CT molecular complexity index is 1080. The highest BCUT2D eigenvalue weighted by molar-refractivity contribution is 7.92. The molecule has 1 heterocycles. The molecule has 0 fully saturated rings. The predicted molar refractivity (Wildman–Crippen MR) is 106 cm³/mol. The number of nitrogens with two attached hydrogens (primary N) is 1. The van der Waals surface area contributed by atoms with Gasteiger partial charge in [-0.25, -0.2) is 22.0 Å². The SMILES string of the molecule is NS(=O)(=O)c1ccc(CC(=O)NCCS(=O)(=O)N2CCc3ccccc32)cc1. The topological polar surface area (TPSA) is 127 Å². The number of fused-ring (bicyclic) bond motifs is 1. The quantitative estimate of drug-likeness (QED) is 0.666. The Morgan fingerprint density at radius 3 is 2.39 bits per heavy atom. The largest absolute Gasteiger partial charge is 0.355 e. The summed E-state index contributed by atoms with van der Waals surface area (Å²) in [4.78, 5) is 12.0. The lowest BCUT2D eigenvalue weighted by atomic mass is 10.1. The molecule has 1 aliphatic heterocycles. The van der Waals surface area contributed by atoms with Crippen molar-refractivity contribution in [1.82, 2.24) is 5.32 Å². The zero-order chi connectivity index (χ0) is 20.4. The summed E-state index contributed by atoms with van der Waals surface area (Å²) in [5.74, 6) is -0.544. The molecule has 10 heteroatoms. The second-order valence-corrected chi connectivity index (χ2v) is 10.1. The minimum atomic E-state index is -3.78. The highest BCUT2D eigenvalue weighted by Gasteiger charge is 2.28. The minimum Gasteiger partial charge on any atom is -0.355 e. The second kappa shape index (κ2) is 7.90. The summed E-state index contributed by atoms with van der Waals surface area (Å²) in [5.41, 5.74) is 2.29. The first kappa shape index (κ1) is 20.3. The number of nitrogens with one attached hydrogen (secondary N) is 1. The molecule has 0 unspecified atom stereocenters. The Hall–Kier alpha value is -2.43. The van der Waals surface area contributed by atoms with Gasteiger partial charge in [-0.15, -0.1) is 0 Å². The fourth-order valence-electron chi connectivity index (χ4n) is 3.07. The molecule has 1 aliphatic rings. The molecular weight excluding hydrogens is 402 g/mol. The zero-order valence-electron chi connectivity index (χ0n) is 15.0. The van der Waals surface area contributed by atoms with Gasteiger partial charge in [-0.3, -0.25) is 9.10 Å². The van der Waals surface area contributed by atoms with Gasteiger partial charge in [0.1, 0.15) is 0 Å². The second-order valence-electron chi connectivity index (χ2n) is 6.48. The number of anilines is 1. The van der Waals surface area contributed by atoms with Crippen LogP contribution in [0.3, 0.4) is 0 Å². The minimum absolute atomic E-state index is 0.00486. The van der Waals surface area contributed by atoms with E-state index >= 15 is 0 Å². The zero-order valence-corrected chi connectivity index (χ0v) is 16.7. The van der Waals surface area contributed by atoms with Gasteiger partial charge in [0.15, 0.2) is 0 Å². The number of sulfonamides is 2. The number of hydrogen-bond donors (Lipinski definition) is 2. The molecule has 0 radical (unpaired) electrons. The van der Waals surface area contributed by atoms with Crippen molar-refractivity contribution in [2.75, 3.05) is 23.1 Å². The maximum absolute atomic E-state index is 12.6. The Balaban J connectivity index is 1.53. The molecule has 0 aliphatic carbocycles. The maximum Gasteiger partial charge on any atom is 0.238 e. The molecule has 0 atom stereocenters. The van der Waals surface area contributed by atoms with E-state index < -0.39 is 20.0 Å². The van der Waals surface area contributed by atoms with E-state index in [4.69, 9.17) is 5.14 Å². The van der Waals surface area contributed by atoms with Crippen molar-refractivity contribution in [2.45, 2.75) is 17.7 Å². The number of carbonyl (C=O) groups excluding carboxylic acids is 1. The van der Waals surface area contributed by atoms with E-state index in [-0.39, 0.29) is 29.5 Å². The molecule has 3 N–H and O–H groups in total. The van der Waals surface area contributed by atoms with E-state index in [1.165, 1.54) is 28.6 Å². The van der Waals surface area contributed by atoms with E-state index in [9.17, 15) is 21.6 Å². The normalized spacial score (nSPS) is 14.0. The van der Waals surface area contributed by atoms with Gasteiger partial charge in [-0.2, -0.15) is 0 Å². The molecule has 150 valence electrons. The number of primary sulfonamides is 1. The van der Waals surface area contributed by atoms with Crippen LogP contribution >= 0.6 is 0 Å². The summed E-state index contributed by atoms with van der Waals surface area (Å²) < 4.78 is 49.0. The Morgan fingerprint density at radius 1 is 1.04 bits per heavy atom. The molecule has 0 saturated carbocycles. The van der Waals surface area contributed by atoms with Gasteiger partial charge in [0.05, 0.1) is 22.8 Å². The Labute approximate surface area is 164 Å². The number of nitrogens with zero attached hydrogens (tertiary/aromatic N) is 1. The van der Waals surface area contributed by atoms with Gasteiger partial charge in [-0.1, -0.05) is 30.3 Å². The van der Waals surface area contributed by atoms with Gasteiger partial charge in [0.2, 0.25) is 26.0 Å². The lowest BCUT2D eigenvalue weighted by Gasteiger charge is -2.19. The molecule has 0 saturated heterocycles. The number of carbonyl (C=O) groups is 1. The summed E-state index contributed by atoms with van der Waals surface area (Å²) in [6, 6.07) is 13.0. The first-order chi connectivity index (χ1) is 13.2. The van der Waals surface area contributed by atoms with Crippen LogP contribution in [0, 0.1) is 0 Å². The van der Waals surface area contributed by atoms with E-state index in [0.29, 0.717) is 24.2 Å². The van der Waals surface area contributed by atoms with E-state index in [1.54, 1.807) is 12.1 Å². The lowest BCUT2D eigenvalue weighted by Crippen LogP contribution is -2.37. The third kappa shape index (κ3) is 4.70. The monoisotopic (exact) mass is 423 g/mol. The molecule has 3 rings (SSSR count). The summed E-state index contributed by atoms with van der Waals surface area (Å²) in [7, 11) is -7.31. The van der Waals surface area contributed by atoms with Gasteiger partial charge in [0.25, 0.3) is 0 Å². The van der Waals surface area contributed by atoms with Crippen LogP contribution in [0.2, 0.25) is 0 Å². The summed E-state index contributed by atoms with van der Waals surface area (Å²) in [6.07, 6.45) is 0.688. The Morgan fingerprint density at radius 2 is 1.71 bits per heavy atom. The summed E-state index contributed by atoms with van der Waals surface area (Å²) in [5, 5.41) is 7.62. The van der Waals surface area contributed by atoms with Gasteiger partial charge in [-0.05, 0) is 35.7 Å². The molecule has 8 nitrogen and oxygen atoms in total. The molecule has 0 bridgehead atoms. The van der Waals surface area contributed by atoms with Crippen molar-refractivity contribution in [1.29, 1.82) is 0 Å². The predicted octanol–water partition coefficient (Wildman–Crippen LogP) is 0.385. The highest BCUT2D eigenvalue weighted by Crippen LogP contribution is 2.29. The first-order valence-electron chi connectivity index (χ1n) is 8.63. The summed E-state index contributed by atoms with van der Waals surface area (Å²) >= 11 is 0. The van der Waals surface area contributed by atoms with E-state index in [0.717, 1.165) is 5.56 Å². The van der Waals surface area contributed by atoms with Crippen molar-refractivity contribution in [3.8, 4) is 0 Å². The maximum atomic E-state index is 12.6. The molecule has 0 aromatic heterocycles. The van der Waals surface area contributed by atoms with E-state index in [1.807, 2.05) is 12.1 Å². The van der Waals surface area contributed by atoms with Crippen LogP contribution in [0.5, 0.6) is 0 Å². The molecule has 2 aromatic carbocycles. The van der Waals surface area contributed by atoms with Crippen molar-refractivity contribution in [3.05, 3.63) is 59.7 Å². The number of benzene rings is 2. The number of amides is 1. The third-order valence-corrected chi connectivity index (χ3v) is 7.18. The number of hydrogen-bond acceptors (Lipinski definition) is 5. The van der Waals surface area contributed by atoms with Crippen molar-refractivity contribution in [3.63, 3.8) is 0 Å². The van der Waals surface area contributed by atoms with Crippen molar-refractivity contribution >= 4 is 31.6 Å². The van der Waals surface area contributed by atoms with E-state index in [2.05, 4.69) is 5.32 Å². The van der Waals surface area contributed by atoms with Crippen LogP contribution in [0.4, 0.5) is 5.69 Å². The molecule has 1 amide bonds. The lowest BCUT2D eigenvalue weighted by molar-refractivity contribution is -0.120. The first-order valence-corrected chi connectivity index (χ1v) is 11.8. The Kier molecular flexibility index (Phi) is 5.73. The van der Waals surface area contributed by atoms with Crippen LogP contribution < -0.4 is 14.8 Å². The molecule has 2 aromatic rings. The number of para-hydroxylation sites is 1. The molecule has 0 spiro atoms. The smallest absolute Gasteiger partial charge is 0.238 e. The fraction of sp³-hybridized carbons (Fsp3) is 0.278. The fourth-order valence-corrected chi connectivity index (χ4v) is 5.01. The average Bonchev–Trinajstić information content (AvgIpc) is 3.06. The van der Waals surface area contributed by atoms with Crippen LogP contribution in [0.15, 0.2) is 53.4 Å². The van der Waals surface area contributed by atoms with Crippen molar-refractivity contribution in [2.24, 2.45) is 5.14 Å². The van der Waals surface area contributed by atoms with Gasteiger partial charge in [0, 0.05) is 13.1 Å². The van der Waals surface area contributed by atoms with Gasteiger partial charge < -0.3 is 5.32 Å².